The Labute approximate surface area is 66.2 Å². The van der Waals surface area contributed by atoms with Gasteiger partial charge < -0.3 is 5.11 Å². The topological polar surface area (TPSA) is 37.3 Å². The first-order chi connectivity index (χ1) is 5.13. The van der Waals surface area contributed by atoms with Crippen molar-refractivity contribution in [2.75, 3.05) is 0 Å². The van der Waals surface area contributed by atoms with Crippen LogP contribution in [0.4, 0.5) is 0 Å². The predicted octanol–water partition coefficient (Wildman–Crippen LogP) is 1.98. The smallest absolute Gasteiger partial charge is 0.335 e. The van der Waals surface area contributed by atoms with E-state index in [1.54, 1.807) is 6.08 Å². The molecule has 2 nitrogen and oxygen atoms in total. The van der Waals surface area contributed by atoms with E-state index in [1.165, 1.54) is 0 Å². The molecule has 1 aliphatic rings. The fourth-order valence-corrected chi connectivity index (χ4v) is 1.28. The van der Waals surface area contributed by atoms with Gasteiger partial charge in [0.05, 0.1) is 5.57 Å². The lowest BCUT2D eigenvalue weighted by Crippen LogP contribution is -2.02. The number of carboxylic acid groups (broad SMARTS) is 1. The normalized spacial score (nSPS) is 16.6. The highest BCUT2D eigenvalue weighted by Gasteiger charge is 2.17. The van der Waals surface area contributed by atoms with E-state index in [0.29, 0.717) is 11.5 Å². The quantitative estimate of drug-likeness (QED) is 0.657. The van der Waals surface area contributed by atoms with Crippen molar-refractivity contribution in [1.82, 2.24) is 0 Å². The maximum atomic E-state index is 10.6. The third-order valence-corrected chi connectivity index (χ3v) is 1.90. The molecule has 1 rings (SSSR count). The Morgan fingerprint density at radius 1 is 1.64 bits per heavy atom. The number of carbonyl (C=O) groups is 1. The van der Waals surface area contributed by atoms with Crippen molar-refractivity contribution in [3.63, 3.8) is 0 Å². The summed E-state index contributed by atoms with van der Waals surface area (Å²) in [7, 11) is 0. The van der Waals surface area contributed by atoms with Crippen LogP contribution in [-0.4, -0.2) is 11.1 Å². The first kappa shape index (κ1) is 8.05. The molecule has 0 spiro atoms. The monoisotopic (exact) mass is 152 g/mol. The molecule has 0 atom stereocenters. The third-order valence-electron chi connectivity index (χ3n) is 1.90. The van der Waals surface area contributed by atoms with Crippen LogP contribution in [0.25, 0.3) is 0 Å². The molecule has 0 radical (unpaired) electrons. The van der Waals surface area contributed by atoms with Gasteiger partial charge in [0.15, 0.2) is 0 Å². The summed E-state index contributed by atoms with van der Waals surface area (Å²) >= 11 is 0. The van der Waals surface area contributed by atoms with Gasteiger partial charge in [-0.05, 0) is 17.9 Å². The van der Waals surface area contributed by atoms with Gasteiger partial charge in [0.2, 0.25) is 0 Å². The number of hydrogen-bond acceptors (Lipinski definition) is 1. The zero-order valence-corrected chi connectivity index (χ0v) is 6.79. The average molecular weight is 152 g/mol. The Bertz CT molecular complexity index is 234. The van der Waals surface area contributed by atoms with Gasteiger partial charge in [0, 0.05) is 0 Å². The van der Waals surface area contributed by atoms with E-state index in [2.05, 4.69) is 0 Å². The Morgan fingerprint density at radius 3 is 2.64 bits per heavy atom. The van der Waals surface area contributed by atoms with E-state index >= 15 is 0 Å². The zero-order chi connectivity index (χ0) is 8.43. The van der Waals surface area contributed by atoms with Crippen LogP contribution < -0.4 is 0 Å². The fraction of sp³-hybridized carbons (Fsp3) is 0.444. The highest BCUT2D eigenvalue weighted by atomic mass is 16.4. The van der Waals surface area contributed by atoms with Crippen molar-refractivity contribution in [2.24, 2.45) is 5.92 Å². The summed E-state index contributed by atoms with van der Waals surface area (Å²) in [5.74, 6) is -0.460. The minimum absolute atomic E-state index is 0.344. The molecule has 0 heterocycles. The third kappa shape index (κ3) is 1.50. The molecule has 0 saturated heterocycles. The van der Waals surface area contributed by atoms with Crippen LogP contribution in [0, 0.1) is 5.92 Å². The molecule has 11 heavy (non-hydrogen) atoms. The summed E-state index contributed by atoms with van der Waals surface area (Å²) in [5, 5.41) is 8.72. The Hall–Kier alpha value is -1.05. The van der Waals surface area contributed by atoms with Gasteiger partial charge in [-0.2, -0.15) is 0 Å². The first-order valence-electron chi connectivity index (χ1n) is 3.75. The standard InChI is InChI=1S/C9H12O2/c1-6(2)7-4-3-5-8(7)9(10)11/h3,5-6H,4H2,1-2H3,(H,10,11). The summed E-state index contributed by atoms with van der Waals surface area (Å²) in [6.07, 6.45) is 4.40. The molecule has 0 unspecified atom stereocenters. The Balaban J connectivity index is 2.93. The second-order valence-electron chi connectivity index (χ2n) is 3.01. The van der Waals surface area contributed by atoms with Crippen molar-refractivity contribution in [2.45, 2.75) is 20.3 Å². The van der Waals surface area contributed by atoms with Gasteiger partial charge in [0.25, 0.3) is 0 Å². The number of aliphatic carboxylic acids is 1. The van der Waals surface area contributed by atoms with Gasteiger partial charge in [-0.3, -0.25) is 0 Å². The van der Waals surface area contributed by atoms with Gasteiger partial charge in [0.1, 0.15) is 0 Å². The summed E-state index contributed by atoms with van der Waals surface area (Å²) in [6, 6.07) is 0. The molecule has 1 N–H and O–H groups in total. The summed E-state index contributed by atoms with van der Waals surface area (Å²) in [5.41, 5.74) is 1.53. The molecule has 0 saturated carbocycles. The molecule has 0 fully saturated rings. The maximum Gasteiger partial charge on any atom is 0.335 e. The largest absolute Gasteiger partial charge is 0.478 e. The van der Waals surface area contributed by atoms with Crippen LogP contribution >= 0.6 is 0 Å². The van der Waals surface area contributed by atoms with Crippen LogP contribution in [0.15, 0.2) is 23.3 Å². The molecule has 1 aliphatic carbocycles. The van der Waals surface area contributed by atoms with Crippen molar-refractivity contribution < 1.29 is 9.90 Å². The lowest BCUT2D eigenvalue weighted by Gasteiger charge is -2.06. The lowest BCUT2D eigenvalue weighted by atomic mass is 9.99. The zero-order valence-electron chi connectivity index (χ0n) is 6.79. The van der Waals surface area contributed by atoms with Crippen molar-refractivity contribution in [1.29, 1.82) is 0 Å². The van der Waals surface area contributed by atoms with E-state index < -0.39 is 5.97 Å². The van der Waals surface area contributed by atoms with E-state index in [1.807, 2.05) is 19.9 Å². The minimum atomic E-state index is -0.803. The Kier molecular flexibility index (Phi) is 2.13. The SMILES string of the molecule is CC(C)C1=C(C(=O)O)C=CC1. The molecule has 0 aliphatic heterocycles. The van der Waals surface area contributed by atoms with Crippen LogP contribution in [0.3, 0.4) is 0 Å². The summed E-state index contributed by atoms with van der Waals surface area (Å²) < 4.78 is 0. The first-order valence-corrected chi connectivity index (χ1v) is 3.75. The van der Waals surface area contributed by atoms with Crippen LogP contribution in [0.2, 0.25) is 0 Å². The molecule has 0 aromatic rings. The van der Waals surface area contributed by atoms with Crippen LogP contribution in [0.5, 0.6) is 0 Å². The average Bonchev–Trinajstić information content (AvgIpc) is 2.32. The predicted molar refractivity (Wildman–Crippen MR) is 43.3 cm³/mol. The molecule has 0 amide bonds. The van der Waals surface area contributed by atoms with Crippen molar-refractivity contribution >= 4 is 5.97 Å². The van der Waals surface area contributed by atoms with Gasteiger partial charge in [-0.1, -0.05) is 26.0 Å². The number of rotatable bonds is 2. The van der Waals surface area contributed by atoms with Crippen molar-refractivity contribution in [3.05, 3.63) is 23.3 Å². The van der Waals surface area contributed by atoms with Gasteiger partial charge in [-0.15, -0.1) is 0 Å². The highest BCUT2D eigenvalue weighted by Crippen LogP contribution is 2.25. The maximum absolute atomic E-state index is 10.6. The molecular formula is C9H12O2. The molecule has 60 valence electrons. The van der Waals surface area contributed by atoms with Gasteiger partial charge >= 0.3 is 5.97 Å². The minimum Gasteiger partial charge on any atom is -0.478 e. The van der Waals surface area contributed by atoms with E-state index in [4.69, 9.17) is 5.11 Å². The van der Waals surface area contributed by atoms with Gasteiger partial charge in [-0.25, -0.2) is 4.79 Å². The van der Waals surface area contributed by atoms with E-state index in [9.17, 15) is 4.79 Å². The fourth-order valence-electron chi connectivity index (χ4n) is 1.28. The summed E-state index contributed by atoms with van der Waals surface area (Å²) in [6.45, 7) is 4.04. The number of allylic oxidation sites excluding steroid dienone is 2. The number of hydrogen-bond donors (Lipinski definition) is 1. The molecular weight excluding hydrogens is 140 g/mol. The molecule has 2 heteroatoms. The second-order valence-corrected chi connectivity index (χ2v) is 3.01. The van der Waals surface area contributed by atoms with E-state index in [0.717, 1.165) is 12.0 Å². The molecule has 0 aromatic heterocycles. The number of carboxylic acids is 1. The molecule has 0 aromatic carbocycles. The lowest BCUT2D eigenvalue weighted by molar-refractivity contribution is -0.132. The second kappa shape index (κ2) is 2.91. The van der Waals surface area contributed by atoms with E-state index in [-0.39, 0.29) is 0 Å². The van der Waals surface area contributed by atoms with Crippen molar-refractivity contribution in [3.8, 4) is 0 Å². The van der Waals surface area contributed by atoms with Crippen LogP contribution in [-0.2, 0) is 4.79 Å². The van der Waals surface area contributed by atoms with Crippen LogP contribution in [0.1, 0.15) is 20.3 Å². The Morgan fingerprint density at radius 2 is 2.27 bits per heavy atom. The molecule has 0 bridgehead atoms. The summed E-state index contributed by atoms with van der Waals surface area (Å²) in [4.78, 5) is 10.6. The highest BCUT2D eigenvalue weighted by molar-refractivity contribution is 5.91.